The van der Waals surface area contributed by atoms with Gasteiger partial charge in [0.2, 0.25) is 0 Å². The molecule has 0 amide bonds. The molecule has 4 nitrogen and oxygen atoms in total. The van der Waals surface area contributed by atoms with Crippen molar-refractivity contribution in [3.05, 3.63) is 27.2 Å². The second kappa shape index (κ2) is 5.34. The van der Waals surface area contributed by atoms with Crippen molar-refractivity contribution in [3.8, 4) is 0 Å². The van der Waals surface area contributed by atoms with Crippen LogP contribution in [0.15, 0.2) is 16.6 Å². The summed E-state index contributed by atoms with van der Waals surface area (Å²) in [6.45, 7) is 0.437. The van der Waals surface area contributed by atoms with Gasteiger partial charge < -0.3 is 9.55 Å². The molecule has 0 aliphatic carbocycles. The number of aromatic amines is 1. The van der Waals surface area contributed by atoms with Crippen molar-refractivity contribution in [2.45, 2.75) is 13.0 Å². The van der Waals surface area contributed by atoms with E-state index < -0.39 is 9.84 Å². The summed E-state index contributed by atoms with van der Waals surface area (Å²) in [4.78, 5) is 2.97. The zero-order valence-corrected chi connectivity index (χ0v) is 13.3. The number of nitrogens with zero attached hydrogens (tertiary/aromatic N) is 1. The molecule has 0 aliphatic rings. The third kappa shape index (κ3) is 3.43. The first-order chi connectivity index (χ1) is 8.78. The summed E-state index contributed by atoms with van der Waals surface area (Å²) >= 11 is 8.28. The van der Waals surface area contributed by atoms with E-state index in [1.165, 1.54) is 12.3 Å². The highest BCUT2D eigenvalue weighted by atomic mass is 79.9. The molecule has 1 N–H and O–H groups in total. The number of aryl methyl sites for hydroxylation is 1. The van der Waals surface area contributed by atoms with Crippen molar-refractivity contribution < 1.29 is 12.8 Å². The predicted octanol–water partition coefficient (Wildman–Crippen LogP) is 3.04. The summed E-state index contributed by atoms with van der Waals surface area (Å²) in [5.74, 6) is -0.293. The van der Waals surface area contributed by atoms with Gasteiger partial charge >= 0.3 is 0 Å². The Morgan fingerprint density at radius 1 is 1.47 bits per heavy atom. The van der Waals surface area contributed by atoms with Crippen LogP contribution in [0.3, 0.4) is 0 Å². The van der Waals surface area contributed by atoms with Crippen molar-refractivity contribution in [3.63, 3.8) is 0 Å². The first kappa shape index (κ1) is 14.7. The Labute approximate surface area is 123 Å². The molecule has 0 fully saturated rings. The van der Waals surface area contributed by atoms with Gasteiger partial charge in [0.05, 0.1) is 21.3 Å². The highest BCUT2D eigenvalue weighted by Gasteiger charge is 2.09. The minimum absolute atomic E-state index is 0.0838. The van der Waals surface area contributed by atoms with Gasteiger partial charge in [0.1, 0.15) is 15.7 Å². The number of hydrogen-bond acceptors (Lipinski definition) is 3. The molecule has 8 heteroatoms. The van der Waals surface area contributed by atoms with Crippen LogP contribution in [0.25, 0.3) is 11.0 Å². The van der Waals surface area contributed by atoms with Gasteiger partial charge in [0.25, 0.3) is 0 Å². The van der Waals surface area contributed by atoms with E-state index in [1.54, 1.807) is 10.6 Å². The SMILES string of the molecule is CS(=O)(=O)CCCn1c(=S)[nH]c2cc(Br)c(F)cc21. The summed E-state index contributed by atoms with van der Waals surface area (Å²) in [5.41, 5.74) is 1.36. The van der Waals surface area contributed by atoms with Gasteiger partial charge in [-0.2, -0.15) is 0 Å². The molecule has 0 bridgehead atoms. The summed E-state index contributed by atoms with van der Waals surface area (Å²) in [5, 5.41) is 0. The van der Waals surface area contributed by atoms with Gasteiger partial charge in [0, 0.05) is 18.9 Å². The summed E-state index contributed by atoms with van der Waals surface area (Å²) in [7, 11) is -3.00. The number of benzene rings is 1. The first-order valence-electron chi connectivity index (χ1n) is 5.53. The largest absolute Gasteiger partial charge is 0.331 e. The number of imidazole rings is 1. The molecule has 2 aromatic rings. The fraction of sp³-hybridized carbons (Fsp3) is 0.364. The maximum absolute atomic E-state index is 13.5. The molecule has 0 radical (unpaired) electrons. The van der Waals surface area contributed by atoms with Crippen LogP contribution in [0.4, 0.5) is 4.39 Å². The Bertz CT molecular complexity index is 780. The monoisotopic (exact) mass is 366 g/mol. The third-order valence-corrected chi connectivity index (χ3v) is 4.67. The van der Waals surface area contributed by atoms with Crippen LogP contribution < -0.4 is 0 Å². The van der Waals surface area contributed by atoms with Crippen LogP contribution in [0.2, 0.25) is 0 Å². The fourth-order valence-electron chi connectivity index (χ4n) is 1.86. The van der Waals surface area contributed by atoms with E-state index in [2.05, 4.69) is 20.9 Å². The molecule has 2 rings (SSSR count). The Morgan fingerprint density at radius 3 is 2.79 bits per heavy atom. The number of fused-ring (bicyclic) bond motifs is 1. The molecule has 1 aromatic heterocycles. The van der Waals surface area contributed by atoms with E-state index in [9.17, 15) is 12.8 Å². The van der Waals surface area contributed by atoms with Crippen molar-refractivity contribution in [2.75, 3.05) is 12.0 Å². The molecule has 0 atom stereocenters. The zero-order valence-electron chi connectivity index (χ0n) is 10.1. The molecule has 19 heavy (non-hydrogen) atoms. The Morgan fingerprint density at radius 2 is 2.16 bits per heavy atom. The number of aromatic nitrogens is 2. The Balaban J connectivity index is 2.35. The molecule has 0 saturated heterocycles. The quantitative estimate of drug-likeness (QED) is 0.846. The molecular weight excluding hydrogens is 355 g/mol. The fourth-order valence-corrected chi connectivity index (χ4v) is 3.16. The van der Waals surface area contributed by atoms with E-state index >= 15 is 0 Å². The number of hydrogen-bond donors (Lipinski definition) is 1. The minimum atomic E-state index is -3.00. The highest BCUT2D eigenvalue weighted by Crippen LogP contribution is 2.23. The van der Waals surface area contributed by atoms with Crippen molar-refractivity contribution >= 4 is 49.0 Å². The van der Waals surface area contributed by atoms with Crippen molar-refractivity contribution in [1.82, 2.24) is 9.55 Å². The van der Waals surface area contributed by atoms with E-state index in [4.69, 9.17) is 12.2 Å². The summed E-state index contributed by atoms with van der Waals surface area (Å²) in [6, 6.07) is 3.00. The molecule has 0 unspecified atom stereocenters. The molecular formula is C11H12BrFN2O2S2. The van der Waals surface area contributed by atoms with Crippen LogP contribution in [0.5, 0.6) is 0 Å². The van der Waals surface area contributed by atoms with Gasteiger partial charge in [-0.1, -0.05) is 0 Å². The van der Waals surface area contributed by atoms with E-state index in [0.29, 0.717) is 27.7 Å². The number of rotatable bonds is 4. The Hall–Kier alpha value is -0.730. The van der Waals surface area contributed by atoms with Crippen molar-refractivity contribution in [1.29, 1.82) is 0 Å². The second-order valence-electron chi connectivity index (χ2n) is 4.35. The lowest BCUT2D eigenvalue weighted by Gasteiger charge is -2.04. The predicted molar refractivity (Wildman–Crippen MR) is 79.1 cm³/mol. The summed E-state index contributed by atoms with van der Waals surface area (Å²) < 4.78 is 38.3. The summed E-state index contributed by atoms with van der Waals surface area (Å²) in [6.07, 6.45) is 1.63. The lowest BCUT2D eigenvalue weighted by Crippen LogP contribution is -2.07. The maximum atomic E-state index is 13.5. The number of halogens is 2. The van der Waals surface area contributed by atoms with Crippen LogP contribution in [0.1, 0.15) is 6.42 Å². The van der Waals surface area contributed by atoms with E-state index in [1.807, 2.05) is 0 Å². The van der Waals surface area contributed by atoms with Crippen LogP contribution >= 0.6 is 28.1 Å². The van der Waals surface area contributed by atoms with Gasteiger partial charge in [-0.15, -0.1) is 0 Å². The van der Waals surface area contributed by atoms with Crippen molar-refractivity contribution in [2.24, 2.45) is 0 Å². The molecule has 0 aliphatic heterocycles. The van der Waals surface area contributed by atoms with Crippen LogP contribution in [0, 0.1) is 10.6 Å². The molecule has 104 valence electrons. The molecule has 0 spiro atoms. The van der Waals surface area contributed by atoms with Gasteiger partial charge in [-0.3, -0.25) is 0 Å². The number of sulfone groups is 1. The van der Waals surface area contributed by atoms with Gasteiger partial charge in [-0.25, -0.2) is 12.8 Å². The molecule has 1 aromatic carbocycles. The molecule has 1 heterocycles. The second-order valence-corrected chi connectivity index (χ2v) is 7.85. The van der Waals surface area contributed by atoms with E-state index in [-0.39, 0.29) is 11.6 Å². The molecule has 0 saturated carbocycles. The lowest BCUT2D eigenvalue weighted by molar-refractivity contribution is 0.592. The average molecular weight is 367 g/mol. The zero-order chi connectivity index (χ0) is 14.2. The standard InChI is InChI=1S/C11H12BrFN2O2S2/c1-19(16,17)4-2-3-15-10-6-8(13)7(12)5-9(10)14-11(15)18/h5-6H,2-4H2,1H3,(H,14,18). The lowest BCUT2D eigenvalue weighted by atomic mass is 10.3. The first-order valence-corrected chi connectivity index (χ1v) is 8.79. The van der Waals surface area contributed by atoms with Gasteiger partial charge in [-0.05, 0) is 40.6 Å². The van der Waals surface area contributed by atoms with Crippen LogP contribution in [-0.4, -0.2) is 30.0 Å². The third-order valence-electron chi connectivity index (χ3n) is 2.71. The normalized spacial score (nSPS) is 12.2. The van der Waals surface area contributed by atoms with Gasteiger partial charge in [0.15, 0.2) is 4.77 Å². The maximum Gasteiger partial charge on any atom is 0.178 e. The average Bonchev–Trinajstić information content (AvgIpc) is 2.55. The Kier molecular flexibility index (Phi) is 4.12. The number of H-pyrrole nitrogens is 1. The highest BCUT2D eigenvalue weighted by molar-refractivity contribution is 9.10. The number of nitrogens with one attached hydrogen (secondary N) is 1. The minimum Gasteiger partial charge on any atom is -0.331 e. The van der Waals surface area contributed by atoms with E-state index in [0.717, 1.165) is 5.52 Å². The smallest absolute Gasteiger partial charge is 0.178 e. The topological polar surface area (TPSA) is 54.9 Å². The van der Waals surface area contributed by atoms with Crippen LogP contribution in [-0.2, 0) is 16.4 Å².